The van der Waals surface area contributed by atoms with Crippen LogP contribution < -0.4 is 33.2 Å². The molecule has 18 heteroatoms. The summed E-state index contributed by atoms with van der Waals surface area (Å²) in [5.41, 5.74) is 30.4. The molecule has 3 amide bonds. The van der Waals surface area contributed by atoms with Crippen LogP contribution in [0.1, 0.15) is 103 Å². The average Bonchev–Trinajstić information content (AvgIpc) is 4.34. The number of aromatic nitrogens is 6. The van der Waals surface area contributed by atoms with Crippen molar-refractivity contribution in [3.63, 3.8) is 0 Å². The summed E-state index contributed by atoms with van der Waals surface area (Å²) < 4.78 is 39.1. The Kier molecular flexibility index (Phi) is 15.6. The molecule has 3 saturated carbocycles. The molecule has 3 aromatic carbocycles. The molecule has 410 valence electrons. The molecule has 15 nitrogen and oxygen atoms in total. The van der Waals surface area contributed by atoms with Gasteiger partial charge >= 0.3 is 0 Å². The number of nitrogens with two attached hydrogens (primary N) is 3. The number of benzene rings is 3. The third-order valence-corrected chi connectivity index (χ3v) is 14.5. The predicted octanol–water partition coefficient (Wildman–Crippen LogP) is 13.3. The summed E-state index contributed by atoms with van der Waals surface area (Å²) in [5, 5.41) is 13.2. The second kappa shape index (κ2) is 22.4. The van der Waals surface area contributed by atoms with E-state index in [2.05, 4.69) is 87.4 Å². The quantitative estimate of drug-likeness (QED) is 0.0527. The molecule has 9 aromatic rings. The van der Waals surface area contributed by atoms with E-state index in [1.165, 1.54) is 0 Å². The van der Waals surface area contributed by atoms with Crippen LogP contribution >= 0.6 is 0 Å². The van der Waals surface area contributed by atoms with Gasteiger partial charge in [-0.3, -0.25) is 14.4 Å². The standard InChI is InChI=1S/3C20H21FN4O.CH4/c3*1-10(2)19-13(3-4-23-19)11-5-12-7-18(24-9-15(12)17(22)6-11)25-20(26)14-8-16(14)21;/h3*3-7,9-10,14,16,23H,8,22H2,1-2H3,(H,24,25,26);1H4/t2*14-,16+;14-,16-;/m111./s1. The van der Waals surface area contributed by atoms with E-state index in [-0.39, 0.29) is 25.1 Å². The van der Waals surface area contributed by atoms with Crippen LogP contribution in [0.2, 0.25) is 0 Å². The van der Waals surface area contributed by atoms with Gasteiger partial charge < -0.3 is 48.1 Å². The number of pyridine rings is 3. The first-order valence-corrected chi connectivity index (χ1v) is 26.3. The molecular weight excluding hydrogens is 1010 g/mol. The van der Waals surface area contributed by atoms with Crippen LogP contribution in [-0.2, 0) is 14.4 Å². The van der Waals surface area contributed by atoms with Gasteiger partial charge in [0, 0.05) is 104 Å². The van der Waals surface area contributed by atoms with E-state index in [0.717, 1.165) is 82.8 Å². The molecule has 6 heterocycles. The van der Waals surface area contributed by atoms with Gasteiger partial charge in [0.25, 0.3) is 0 Å². The number of H-pyrrole nitrogens is 3. The van der Waals surface area contributed by atoms with Crippen molar-refractivity contribution in [2.45, 2.75) is 105 Å². The minimum absolute atomic E-state index is 0. The van der Waals surface area contributed by atoms with Gasteiger partial charge in [0.05, 0.1) is 17.8 Å². The molecule has 0 bridgehead atoms. The van der Waals surface area contributed by atoms with Gasteiger partial charge in [-0.25, -0.2) is 28.1 Å². The van der Waals surface area contributed by atoms with Crippen LogP contribution in [0.4, 0.5) is 47.7 Å². The first-order valence-electron chi connectivity index (χ1n) is 26.3. The van der Waals surface area contributed by atoms with E-state index in [1.54, 1.807) is 36.8 Å². The lowest BCUT2D eigenvalue weighted by Gasteiger charge is -2.11. The van der Waals surface area contributed by atoms with Gasteiger partial charge in [-0.2, -0.15) is 0 Å². The second-order valence-electron chi connectivity index (χ2n) is 21.5. The molecule has 79 heavy (non-hydrogen) atoms. The van der Waals surface area contributed by atoms with Crippen molar-refractivity contribution in [2.75, 3.05) is 33.2 Å². The number of fused-ring (bicyclic) bond motifs is 3. The third-order valence-electron chi connectivity index (χ3n) is 14.5. The molecule has 0 spiro atoms. The average molecular weight is 1070 g/mol. The Balaban J connectivity index is 0.000000143. The molecule has 0 unspecified atom stereocenters. The van der Waals surface area contributed by atoms with Crippen molar-refractivity contribution in [1.82, 2.24) is 29.9 Å². The summed E-state index contributed by atoms with van der Waals surface area (Å²) >= 11 is 0. The van der Waals surface area contributed by atoms with E-state index >= 15 is 0 Å². The molecule has 12 N–H and O–H groups in total. The number of nitrogens with zero attached hydrogens (tertiary/aromatic N) is 3. The summed E-state index contributed by atoms with van der Waals surface area (Å²) in [4.78, 5) is 58.4. The lowest BCUT2D eigenvalue weighted by atomic mass is 9.97. The Morgan fingerprint density at radius 2 is 0.722 bits per heavy atom. The zero-order chi connectivity index (χ0) is 55.3. The lowest BCUT2D eigenvalue weighted by molar-refractivity contribution is -0.118. The maximum Gasteiger partial charge on any atom is 0.231 e. The highest BCUT2D eigenvalue weighted by atomic mass is 19.1. The number of halogens is 3. The molecule has 6 aromatic heterocycles. The summed E-state index contributed by atoms with van der Waals surface area (Å²) in [7, 11) is 0. The zero-order valence-corrected chi connectivity index (χ0v) is 44.1. The Morgan fingerprint density at radius 1 is 0.468 bits per heavy atom. The number of hydrogen-bond acceptors (Lipinski definition) is 9. The van der Waals surface area contributed by atoms with Crippen LogP contribution in [-0.4, -0.2) is 66.1 Å². The Labute approximate surface area is 456 Å². The predicted molar refractivity (Wildman–Crippen MR) is 312 cm³/mol. The summed E-state index contributed by atoms with van der Waals surface area (Å²) in [6.45, 7) is 12.8. The van der Waals surface area contributed by atoms with Crippen molar-refractivity contribution in [2.24, 2.45) is 17.8 Å². The van der Waals surface area contributed by atoms with Crippen molar-refractivity contribution < 1.29 is 27.6 Å². The second-order valence-corrected chi connectivity index (χ2v) is 21.5. The molecule has 3 fully saturated rings. The first kappa shape index (κ1) is 55.1. The summed E-state index contributed by atoms with van der Waals surface area (Å²) in [6, 6.07) is 23.4. The Morgan fingerprint density at radius 3 is 0.949 bits per heavy atom. The Bertz CT molecular complexity index is 3370. The maximum absolute atomic E-state index is 13.0. The van der Waals surface area contributed by atoms with Gasteiger partial charge in [0.2, 0.25) is 17.7 Å². The van der Waals surface area contributed by atoms with E-state index in [1.807, 2.05) is 73.2 Å². The van der Waals surface area contributed by atoms with Crippen molar-refractivity contribution in [3.8, 4) is 33.4 Å². The van der Waals surface area contributed by atoms with Crippen LogP contribution in [0.3, 0.4) is 0 Å². The highest BCUT2D eigenvalue weighted by molar-refractivity contribution is 6.03. The smallest absolute Gasteiger partial charge is 0.231 e. The Hall–Kier alpha value is -8.67. The largest absolute Gasteiger partial charge is 0.398 e. The number of amides is 3. The molecule has 3 aliphatic rings. The number of anilines is 6. The number of rotatable bonds is 12. The van der Waals surface area contributed by atoms with Gasteiger partial charge in [-0.1, -0.05) is 49.0 Å². The number of aromatic amines is 3. The highest BCUT2D eigenvalue weighted by Crippen LogP contribution is 2.40. The number of nitrogens with one attached hydrogen (secondary N) is 6. The highest BCUT2D eigenvalue weighted by Gasteiger charge is 2.45. The summed E-state index contributed by atoms with van der Waals surface area (Å²) in [5.74, 6) is -0.274. The van der Waals surface area contributed by atoms with Crippen LogP contribution in [0.25, 0.3) is 65.7 Å². The molecule has 12 rings (SSSR count). The fourth-order valence-corrected chi connectivity index (χ4v) is 9.83. The molecule has 0 saturated heterocycles. The fourth-order valence-electron chi connectivity index (χ4n) is 9.83. The monoisotopic (exact) mass is 1070 g/mol. The summed E-state index contributed by atoms with van der Waals surface area (Å²) in [6.07, 6.45) is 8.50. The van der Waals surface area contributed by atoms with Crippen LogP contribution in [0.5, 0.6) is 0 Å². The molecule has 0 radical (unpaired) electrons. The van der Waals surface area contributed by atoms with Crippen LogP contribution in [0.15, 0.2) is 110 Å². The van der Waals surface area contributed by atoms with E-state index in [9.17, 15) is 27.6 Å². The molecule has 3 aliphatic carbocycles. The lowest BCUT2D eigenvalue weighted by Crippen LogP contribution is -2.15. The number of carbonyl (C=O) groups excluding carboxylic acids is 3. The number of alkyl halides is 3. The number of nitrogen functional groups attached to an aromatic ring is 3. The molecule has 6 atom stereocenters. The van der Waals surface area contributed by atoms with Crippen molar-refractivity contribution in [3.05, 3.63) is 127 Å². The van der Waals surface area contributed by atoms with Crippen molar-refractivity contribution in [1.29, 1.82) is 0 Å². The topological polar surface area (TPSA) is 251 Å². The zero-order valence-electron chi connectivity index (χ0n) is 44.1. The van der Waals surface area contributed by atoms with Crippen LogP contribution in [0, 0.1) is 17.8 Å². The van der Waals surface area contributed by atoms with Gasteiger partial charge in [0.1, 0.15) is 36.0 Å². The number of carbonyl (C=O) groups is 3. The van der Waals surface area contributed by atoms with Gasteiger partial charge in [0.15, 0.2) is 0 Å². The normalized spacial score (nSPS) is 18.8. The van der Waals surface area contributed by atoms with E-state index in [0.29, 0.717) is 71.5 Å². The van der Waals surface area contributed by atoms with Gasteiger partial charge in [-0.15, -0.1) is 0 Å². The number of hydrogen-bond donors (Lipinski definition) is 9. The van der Waals surface area contributed by atoms with Gasteiger partial charge in [-0.05, 0) is 143 Å². The molecule has 0 aliphatic heterocycles. The van der Waals surface area contributed by atoms with E-state index in [4.69, 9.17) is 17.2 Å². The molecular formula is C61H67F3N12O3. The fraction of sp³-hybridized carbons (Fsp3) is 0.311. The van der Waals surface area contributed by atoms with E-state index < -0.39 is 36.3 Å². The minimum Gasteiger partial charge on any atom is -0.398 e. The first-order chi connectivity index (χ1) is 37.3. The minimum atomic E-state index is -1.03. The SMILES string of the molecule is C.CC(C)c1[nH]ccc1-c1cc(N)c2cnc(NC(=O)[C@@H]3C[C@@H]3F)cc2c1.CC(C)c1[nH]ccc1-c1cc(N)c2cnc(NC(=O)[C@@H]3C[C@@H]3F)cc2c1.CC(C)c1[nH]ccc1-c1cc(N)c2cnc(NC(=O)[C@@H]3C[C@H]3F)cc2c1. The van der Waals surface area contributed by atoms with Crippen molar-refractivity contribution >= 4 is 84.6 Å². The maximum atomic E-state index is 13.0. The third kappa shape index (κ3) is 11.9.